The Morgan fingerprint density at radius 3 is 1.67 bits per heavy atom. The lowest BCUT2D eigenvalue weighted by Gasteiger charge is -2.15. The van der Waals surface area contributed by atoms with Crippen molar-refractivity contribution in [3.63, 3.8) is 0 Å². The zero-order valence-electron chi connectivity index (χ0n) is 16.4. The number of nitrogens with zero attached hydrogens (tertiary/aromatic N) is 1. The zero-order chi connectivity index (χ0) is 19.9. The normalized spacial score (nSPS) is 11.3. The lowest BCUT2D eigenvalue weighted by atomic mass is 9.89. The maximum absolute atomic E-state index is 4.55. The van der Waals surface area contributed by atoms with Crippen LogP contribution in [0.4, 0.5) is 0 Å². The molecule has 6 aromatic rings. The van der Waals surface area contributed by atoms with Gasteiger partial charge in [-0.2, -0.15) is 0 Å². The number of hydrogen-bond acceptors (Lipinski definition) is 1. The Kier molecular flexibility index (Phi) is 3.85. The molecule has 0 fully saturated rings. The minimum Gasteiger partial charge on any atom is -0.263 e. The quantitative estimate of drug-likeness (QED) is 0.297. The van der Waals surface area contributed by atoms with Gasteiger partial charge in [-0.25, -0.2) is 0 Å². The van der Waals surface area contributed by atoms with Gasteiger partial charge in [-0.3, -0.25) is 4.98 Å². The van der Waals surface area contributed by atoms with Gasteiger partial charge in [-0.15, -0.1) is 0 Å². The first kappa shape index (κ1) is 16.9. The number of hydrogen-bond donors (Lipinski definition) is 0. The molecule has 0 radical (unpaired) electrons. The van der Waals surface area contributed by atoms with Crippen molar-refractivity contribution < 1.29 is 0 Å². The summed E-state index contributed by atoms with van der Waals surface area (Å²) in [7, 11) is 0. The highest BCUT2D eigenvalue weighted by Gasteiger charge is 2.13. The molecular weight excluding hydrogens is 362 g/mol. The van der Waals surface area contributed by atoms with E-state index in [1.165, 1.54) is 49.2 Å². The predicted octanol–water partition coefficient (Wildman–Crippen LogP) is 7.88. The maximum Gasteiger partial charge on any atom is 0.0353 e. The van der Waals surface area contributed by atoms with E-state index in [1.807, 2.05) is 12.4 Å². The van der Waals surface area contributed by atoms with Gasteiger partial charge in [0.25, 0.3) is 0 Å². The molecule has 0 aliphatic rings. The second-order valence-electron chi connectivity index (χ2n) is 7.64. The predicted molar refractivity (Wildman–Crippen MR) is 128 cm³/mol. The van der Waals surface area contributed by atoms with Crippen molar-refractivity contribution in [1.29, 1.82) is 0 Å². The molecule has 0 atom stereocenters. The van der Waals surface area contributed by atoms with E-state index in [9.17, 15) is 0 Å². The Morgan fingerprint density at radius 2 is 0.900 bits per heavy atom. The maximum atomic E-state index is 4.55. The molecule has 140 valence electrons. The number of aromatic nitrogens is 1. The van der Waals surface area contributed by atoms with Gasteiger partial charge in [-0.1, -0.05) is 103 Å². The molecule has 0 aliphatic heterocycles. The summed E-state index contributed by atoms with van der Waals surface area (Å²) in [5.41, 5.74) is 4.92. The highest BCUT2D eigenvalue weighted by molar-refractivity contribution is 6.13. The summed E-state index contributed by atoms with van der Waals surface area (Å²) < 4.78 is 0. The van der Waals surface area contributed by atoms with E-state index in [-0.39, 0.29) is 0 Å². The van der Waals surface area contributed by atoms with E-state index in [1.54, 1.807) is 0 Å². The molecule has 0 bridgehead atoms. The average molecular weight is 381 g/mol. The summed E-state index contributed by atoms with van der Waals surface area (Å²) in [6.07, 6.45) is 3.94. The lowest BCUT2D eigenvalue weighted by Crippen LogP contribution is -1.89. The number of benzene rings is 5. The van der Waals surface area contributed by atoms with Crippen molar-refractivity contribution in [2.24, 2.45) is 0 Å². The van der Waals surface area contributed by atoms with Crippen molar-refractivity contribution in [3.8, 4) is 22.3 Å². The molecule has 1 heterocycles. The van der Waals surface area contributed by atoms with Crippen LogP contribution in [0, 0.1) is 0 Å². The standard InChI is InChI=1S/C29H19N/c1-3-13-23-20(8-1)10-5-15-25(23)26-16-6-11-21-12-7-17-27(29(21)26)28-19-30-18-22-9-2-4-14-24(22)28/h1-19H. The molecule has 0 amide bonds. The Balaban J connectivity index is 1.74. The fourth-order valence-electron chi connectivity index (χ4n) is 4.58. The SMILES string of the molecule is c1ccc2c(-c3cccc4cccc(-c5cncc6ccccc56)c34)cccc2c1. The van der Waals surface area contributed by atoms with Crippen LogP contribution in [-0.4, -0.2) is 4.98 Å². The zero-order valence-corrected chi connectivity index (χ0v) is 16.4. The van der Waals surface area contributed by atoms with Crippen LogP contribution in [0.25, 0.3) is 54.6 Å². The molecule has 6 rings (SSSR count). The van der Waals surface area contributed by atoms with Crippen molar-refractivity contribution in [2.75, 3.05) is 0 Å². The minimum absolute atomic E-state index is 1.16. The van der Waals surface area contributed by atoms with Crippen LogP contribution in [-0.2, 0) is 0 Å². The van der Waals surface area contributed by atoms with Crippen LogP contribution in [0.2, 0.25) is 0 Å². The van der Waals surface area contributed by atoms with Crippen molar-refractivity contribution >= 4 is 32.3 Å². The summed E-state index contributed by atoms with van der Waals surface area (Å²) >= 11 is 0. The van der Waals surface area contributed by atoms with E-state index < -0.39 is 0 Å². The Bertz CT molecular complexity index is 1420. The summed E-state index contributed by atoms with van der Waals surface area (Å²) in [6.45, 7) is 0. The molecule has 0 N–H and O–H groups in total. The largest absolute Gasteiger partial charge is 0.263 e. The van der Waals surface area contributed by atoms with Gasteiger partial charge < -0.3 is 0 Å². The summed E-state index contributed by atoms with van der Waals surface area (Å²) in [5.74, 6) is 0. The first-order chi connectivity index (χ1) is 14.9. The van der Waals surface area contributed by atoms with E-state index in [4.69, 9.17) is 0 Å². The van der Waals surface area contributed by atoms with E-state index >= 15 is 0 Å². The van der Waals surface area contributed by atoms with Gasteiger partial charge in [0.15, 0.2) is 0 Å². The van der Waals surface area contributed by atoms with Crippen LogP contribution in [0.3, 0.4) is 0 Å². The second kappa shape index (κ2) is 6.82. The van der Waals surface area contributed by atoms with Gasteiger partial charge >= 0.3 is 0 Å². The first-order valence-corrected chi connectivity index (χ1v) is 10.2. The van der Waals surface area contributed by atoms with Gasteiger partial charge in [0.05, 0.1) is 0 Å². The minimum atomic E-state index is 1.16. The summed E-state index contributed by atoms with van der Waals surface area (Å²) in [5, 5.41) is 7.44. The number of rotatable bonds is 2. The van der Waals surface area contributed by atoms with E-state index in [2.05, 4.69) is 108 Å². The Hall–Kier alpha value is -3.97. The molecule has 0 spiro atoms. The van der Waals surface area contributed by atoms with Crippen LogP contribution in [0.15, 0.2) is 116 Å². The third-order valence-corrected chi connectivity index (χ3v) is 5.94. The fraction of sp³-hybridized carbons (Fsp3) is 0. The molecule has 0 unspecified atom stereocenters. The Labute approximate surface area is 175 Å². The third kappa shape index (κ3) is 2.60. The summed E-state index contributed by atoms with van der Waals surface area (Å²) in [4.78, 5) is 4.55. The molecule has 5 aromatic carbocycles. The molecule has 30 heavy (non-hydrogen) atoms. The van der Waals surface area contributed by atoms with Crippen molar-refractivity contribution in [1.82, 2.24) is 4.98 Å². The second-order valence-corrected chi connectivity index (χ2v) is 7.64. The molecule has 1 nitrogen and oxygen atoms in total. The highest BCUT2D eigenvalue weighted by Crippen LogP contribution is 2.40. The monoisotopic (exact) mass is 381 g/mol. The lowest BCUT2D eigenvalue weighted by molar-refractivity contribution is 1.36. The van der Waals surface area contributed by atoms with Crippen LogP contribution < -0.4 is 0 Å². The van der Waals surface area contributed by atoms with Gasteiger partial charge in [-0.05, 0) is 43.6 Å². The van der Waals surface area contributed by atoms with E-state index in [0.29, 0.717) is 0 Å². The Morgan fingerprint density at radius 1 is 0.367 bits per heavy atom. The van der Waals surface area contributed by atoms with Gasteiger partial charge in [0.2, 0.25) is 0 Å². The molecule has 0 aliphatic carbocycles. The van der Waals surface area contributed by atoms with Gasteiger partial charge in [0, 0.05) is 23.3 Å². The van der Waals surface area contributed by atoms with Gasteiger partial charge in [0.1, 0.15) is 0 Å². The molecular formula is C29H19N. The van der Waals surface area contributed by atoms with Crippen molar-refractivity contribution in [3.05, 3.63) is 116 Å². The number of fused-ring (bicyclic) bond motifs is 3. The fourth-order valence-corrected chi connectivity index (χ4v) is 4.58. The third-order valence-electron chi connectivity index (χ3n) is 5.94. The summed E-state index contributed by atoms with van der Waals surface area (Å²) in [6, 6.07) is 36.8. The van der Waals surface area contributed by atoms with E-state index in [0.717, 1.165) is 5.39 Å². The van der Waals surface area contributed by atoms with Crippen LogP contribution >= 0.6 is 0 Å². The molecule has 1 heteroatoms. The van der Waals surface area contributed by atoms with Crippen molar-refractivity contribution in [2.45, 2.75) is 0 Å². The smallest absolute Gasteiger partial charge is 0.0353 e. The topological polar surface area (TPSA) is 12.9 Å². The first-order valence-electron chi connectivity index (χ1n) is 10.2. The molecule has 0 saturated heterocycles. The highest BCUT2D eigenvalue weighted by atomic mass is 14.6. The molecule has 1 aromatic heterocycles. The van der Waals surface area contributed by atoms with Crippen LogP contribution in [0.5, 0.6) is 0 Å². The molecule has 0 saturated carbocycles. The number of pyridine rings is 1. The average Bonchev–Trinajstić information content (AvgIpc) is 2.82. The van der Waals surface area contributed by atoms with Crippen LogP contribution in [0.1, 0.15) is 0 Å².